The number of hydrogen-bond acceptors (Lipinski definition) is 5. The summed E-state index contributed by atoms with van der Waals surface area (Å²) in [6.45, 7) is 7.27. The van der Waals surface area contributed by atoms with Crippen LogP contribution >= 0.6 is 11.3 Å². The first kappa shape index (κ1) is 26.9. The van der Waals surface area contributed by atoms with Crippen LogP contribution in [0.3, 0.4) is 0 Å². The molecule has 39 heavy (non-hydrogen) atoms. The third-order valence-corrected chi connectivity index (χ3v) is 8.45. The zero-order valence-electron chi connectivity index (χ0n) is 22.5. The molecule has 0 fully saturated rings. The van der Waals surface area contributed by atoms with Gasteiger partial charge in [0.05, 0.1) is 18.4 Å². The maximum absolute atomic E-state index is 14.1. The Labute approximate surface area is 232 Å². The minimum Gasteiger partial charge on any atom is -0.488 e. The monoisotopic (exact) mass is 544 g/mol. The molecule has 0 saturated carbocycles. The maximum atomic E-state index is 14.1. The quantitative estimate of drug-likeness (QED) is 0.229. The van der Waals surface area contributed by atoms with Crippen molar-refractivity contribution in [2.75, 3.05) is 0 Å². The van der Waals surface area contributed by atoms with E-state index in [1.807, 2.05) is 36.4 Å². The summed E-state index contributed by atoms with van der Waals surface area (Å²) in [5.74, 6) is 1.40. The summed E-state index contributed by atoms with van der Waals surface area (Å²) >= 11 is 1.60. The summed E-state index contributed by atoms with van der Waals surface area (Å²) in [6, 6.07) is 17.7. The van der Waals surface area contributed by atoms with E-state index >= 15 is 0 Å². The predicted molar refractivity (Wildman–Crippen MR) is 154 cm³/mol. The van der Waals surface area contributed by atoms with Gasteiger partial charge in [-0.1, -0.05) is 51.1 Å². The number of benzene rings is 2. The second-order valence-corrected chi connectivity index (χ2v) is 12.0. The maximum Gasteiger partial charge on any atom is 0.255 e. The number of hydrogen-bond donors (Lipinski definition) is 1. The molecule has 1 atom stereocenters. The van der Waals surface area contributed by atoms with Gasteiger partial charge in [0.25, 0.3) is 5.91 Å². The Morgan fingerprint density at radius 2 is 1.95 bits per heavy atom. The van der Waals surface area contributed by atoms with E-state index in [4.69, 9.17) is 14.1 Å². The highest BCUT2D eigenvalue weighted by Gasteiger charge is 2.33. The van der Waals surface area contributed by atoms with Gasteiger partial charge in [-0.15, -0.1) is 11.3 Å². The molecule has 202 valence electrons. The molecule has 1 N–H and O–H groups in total. The van der Waals surface area contributed by atoms with Crippen LogP contribution in [-0.4, -0.2) is 12.1 Å². The van der Waals surface area contributed by atoms with Crippen molar-refractivity contribution in [3.05, 3.63) is 106 Å². The van der Waals surface area contributed by atoms with Crippen molar-refractivity contribution in [1.29, 1.82) is 0 Å². The lowest BCUT2D eigenvalue weighted by molar-refractivity contribution is 0.0947. The van der Waals surface area contributed by atoms with Crippen LogP contribution in [0, 0.1) is 17.2 Å². The topological polar surface area (TPSA) is 63.8 Å². The van der Waals surface area contributed by atoms with Crippen molar-refractivity contribution in [1.82, 2.24) is 5.32 Å². The fourth-order valence-electron chi connectivity index (χ4n) is 4.92. The Hall–Kier alpha value is -3.71. The molecule has 1 amide bonds. The van der Waals surface area contributed by atoms with E-state index in [0.717, 1.165) is 30.4 Å². The van der Waals surface area contributed by atoms with Crippen LogP contribution in [0.25, 0.3) is 0 Å². The zero-order valence-corrected chi connectivity index (χ0v) is 23.3. The van der Waals surface area contributed by atoms with Crippen molar-refractivity contribution in [3.8, 4) is 5.75 Å². The van der Waals surface area contributed by atoms with Gasteiger partial charge in [0, 0.05) is 22.2 Å². The molecule has 0 bridgehead atoms. The SMILES string of the molecule is CC(C)(C)[C@@H]1CCc2c(sc(N=Cc3ccccc3OCc3ccccc3F)c2C(=O)NCc2ccco2)C1. The standard InChI is InChI=1S/C32H33FN2O3S/c1-32(2,3)23-14-15-25-28(17-23)39-31(29(25)30(36)34-19-24-11-8-16-37-24)35-18-21-9-5-7-13-27(21)38-20-22-10-4-6-12-26(22)33/h4-13,16,18,23H,14-15,17,19-20H2,1-3H3,(H,34,36)/t23-/m1/s1. The number of para-hydroxylation sites is 1. The summed E-state index contributed by atoms with van der Waals surface area (Å²) in [5, 5.41) is 3.70. The number of amides is 1. The molecule has 2 aromatic carbocycles. The van der Waals surface area contributed by atoms with Crippen molar-refractivity contribution in [2.24, 2.45) is 16.3 Å². The number of nitrogens with one attached hydrogen (secondary N) is 1. The zero-order chi connectivity index (χ0) is 27.4. The summed E-state index contributed by atoms with van der Waals surface area (Å²) in [5.41, 5.74) is 3.19. The summed E-state index contributed by atoms with van der Waals surface area (Å²) in [6.07, 6.45) is 6.18. The van der Waals surface area contributed by atoms with Gasteiger partial charge in [0.2, 0.25) is 0 Å². The van der Waals surface area contributed by atoms with E-state index in [0.29, 0.717) is 40.1 Å². The minimum atomic E-state index is -0.299. The highest BCUT2D eigenvalue weighted by Crippen LogP contribution is 2.45. The number of nitrogens with zero attached hydrogens (tertiary/aromatic N) is 1. The number of carbonyl (C=O) groups is 1. The third-order valence-electron chi connectivity index (χ3n) is 7.28. The molecule has 2 aromatic heterocycles. The van der Waals surface area contributed by atoms with Crippen molar-refractivity contribution in [2.45, 2.75) is 53.2 Å². The van der Waals surface area contributed by atoms with E-state index in [9.17, 15) is 9.18 Å². The smallest absolute Gasteiger partial charge is 0.255 e. The molecule has 7 heteroatoms. The van der Waals surface area contributed by atoms with Crippen LogP contribution in [0.4, 0.5) is 9.39 Å². The number of halogens is 1. The Balaban J connectivity index is 1.42. The number of furan rings is 1. The lowest BCUT2D eigenvalue weighted by Gasteiger charge is -2.33. The van der Waals surface area contributed by atoms with E-state index in [1.165, 1.54) is 10.9 Å². The van der Waals surface area contributed by atoms with Crippen LogP contribution in [0.1, 0.15) is 64.9 Å². The summed E-state index contributed by atoms with van der Waals surface area (Å²) < 4.78 is 25.5. The Bertz CT molecular complexity index is 1470. The van der Waals surface area contributed by atoms with E-state index < -0.39 is 0 Å². The average molecular weight is 545 g/mol. The second-order valence-electron chi connectivity index (χ2n) is 10.9. The highest BCUT2D eigenvalue weighted by molar-refractivity contribution is 7.16. The first-order valence-electron chi connectivity index (χ1n) is 13.2. The van der Waals surface area contributed by atoms with Gasteiger partial charge in [0.15, 0.2) is 0 Å². The molecule has 0 radical (unpaired) electrons. The molecule has 1 aliphatic carbocycles. The highest BCUT2D eigenvalue weighted by atomic mass is 32.1. The van der Waals surface area contributed by atoms with Crippen LogP contribution in [0.5, 0.6) is 5.75 Å². The normalized spacial score (nSPS) is 15.3. The molecule has 1 aliphatic rings. The van der Waals surface area contributed by atoms with Gasteiger partial charge < -0.3 is 14.5 Å². The second kappa shape index (κ2) is 11.6. The fraction of sp³-hybridized carbons (Fsp3) is 0.312. The molecule has 5 rings (SSSR count). The number of ether oxygens (including phenoxy) is 1. The fourth-order valence-corrected chi connectivity index (χ4v) is 6.19. The van der Waals surface area contributed by atoms with Gasteiger partial charge in [-0.25, -0.2) is 9.38 Å². The molecular formula is C32H33FN2O3S. The molecule has 2 heterocycles. The Kier molecular flexibility index (Phi) is 7.98. The predicted octanol–water partition coefficient (Wildman–Crippen LogP) is 7.89. The van der Waals surface area contributed by atoms with Gasteiger partial charge in [-0.2, -0.15) is 0 Å². The number of fused-ring (bicyclic) bond motifs is 1. The average Bonchev–Trinajstić information content (AvgIpc) is 3.57. The van der Waals surface area contributed by atoms with E-state index in [2.05, 4.69) is 26.1 Å². The van der Waals surface area contributed by atoms with Gasteiger partial charge in [0.1, 0.15) is 28.9 Å². The van der Waals surface area contributed by atoms with Crippen LogP contribution < -0.4 is 10.1 Å². The van der Waals surface area contributed by atoms with E-state index in [-0.39, 0.29) is 23.7 Å². The Morgan fingerprint density at radius 3 is 2.72 bits per heavy atom. The number of thiophene rings is 1. The van der Waals surface area contributed by atoms with Crippen molar-refractivity contribution < 1.29 is 18.3 Å². The molecule has 0 aliphatic heterocycles. The lowest BCUT2D eigenvalue weighted by Crippen LogP contribution is -2.28. The lowest BCUT2D eigenvalue weighted by atomic mass is 9.72. The van der Waals surface area contributed by atoms with Crippen LogP contribution in [0.2, 0.25) is 0 Å². The molecule has 0 unspecified atom stereocenters. The molecular weight excluding hydrogens is 511 g/mol. The third kappa shape index (κ3) is 6.31. The van der Waals surface area contributed by atoms with Gasteiger partial charge >= 0.3 is 0 Å². The van der Waals surface area contributed by atoms with Gasteiger partial charge in [-0.3, -0.25) is 4.79 Å². The number of rotatable bonds is 8. The minimum absolute atomic E-state index is 0.111. The molecule has 5 nitrogen and oxygen atoms in total. The summed E-state index contributed by atoms with van der Waals surface area (Å²) in [7, 11) is 0. The van der Waals surface area contributed by atoms with Crippen LogP contribution in [0.15, 0.2) is 76.3 Å². The van der Waals surface area contributed by atoms with Crippen molar-refractivity contribution in [3.63, 3.8) is 0 Å². The summed E-state index contributed by atoms with van der Waals surface area (Å²) in [4.78, 5) is 19.5. The Morgan fingerprint density at radius 1 is 1.15 bits per heavy atom. The molecule has 4 aromatic rings. The number of aliphatic imine (C=N–C) groups is 1. The molecule has 0 spiro atoms. The number of carbonyl (C=O) groups excluding carboxylic acids is 1. The first-order chi connectivity index (χ1) is 18.8. The largest absolute Gasteiger partial charge is 0.488 e. The molecule has 0 saturated heterocycles. The first-order valence-corrected chi connectivity index (χ1v) is 14.1. The van der Waals surface area contributed by atoms with E-state index in [1.54, 1.807) is 42.0 Å². The van der Waals surface area contributed by atoms with Gasteiger partial charge in [-0.05, 0) is 66.5 Å². The van der Waals surface area contributed by atoms with Crippen LogP contribution in [-0.2, 0) is 26.0 Å². The van der Waals surface area contributed by atoms with Crippen molar-refractivity contribution >= 4 is 28.5 Å².